The van der Waals surface area contributed by atoms with Crippen LogP contribution in [0.2, 0.25) is 0 Å². The highest BCUT2D eigenvalue weighted by Crippen LogP contribution is 2.25. The summed E-state index contributed by atoms with van der Waals surface area (Å²) in [4.78, 5) is 4.44. The SMILES string of the molecule is Oc1ccc2ccccc2c1C=NCc1nnc2ccccn12. The molecule has 0 unspecified atom stereocenters. The summed E-state index contributed by atoms with van der Waals surface area (Å²) in [6.45, 7) is 0.397. The minimum absolute atomic E-state index is 0.221. The molecule has 0 aliphatic rings. The van der Waals surface area contributed by atoms with Crippen LogP contribution in [0.1, 0.15) is 11.4 Å². The Bertz CT molecular complexity index is 1020. The van der Waals surface area contributed by atoms with E-state index in [0.29, 0.717) is 6.54 Å². The summed E-state index contributed by atoms with van der Waals surface area (Å²) >= 11 is 0. The van der Waals surface area contributed by atoms with Crippen LogP contribution in [0, 0.1) is 0 Å². The lowest BCUT2D eigenvalue weighted by atomic mass is 10.0. The van der Waals surface area contributed by atoms with E-state index in [-0.39, 0.29) is 5.75 Å². The monoisotopic (exact) mass is 302 g/mol. The van der Waals surface area contributed by atoms with E-state index in [0.717, 1.165) is 27.8 Å². The van der Waals surface area contributed by atoms with E-state index in [1.54, 1.807) is 12.3 Å². The zero-order valence-electron chi connectivity index (χ0n) is 12.3. The largest absolute Gasteiger partial charge is 0.507 e. The summed E-state index contributed by atoms with van der Waals surface area (Å²) in [5, 5.41) is 20.4. The number of hydrogen-bond acceptors (Lipinski definition) is 4. The van der Waals surface area contributed by atoms with Gasteiger partial charge in [0, 0.05) is 18.0 Å². The summed E-state index contributed by atoms with van der Waals surface area (Å²) in [6.07, 6.45) is 3.61. The number of aromatic nitrogens is 3. The Morgan fingerprint density at radius 1 is 1.00 bits per heavy atom. The second-order valence-corrected chi connectivity index (χ2v) is 5.23. The van der Waals surface area contributed by atoms with E-state index in [2.05, 4.69) is 15.2 Å². The van der Waals surface area contributed by atoms with Gasteiger partial charge in [0.05, 0.1) is 6.54 Å². The van der Waals surface area contributed by atoms with E-state index in [9.17, 15) is 5.11 Å². The highest BCUT2D eigenvalue weighted by atomic mass is 16.3. The van der Waals surface area contributed by atoms with Crippen LogP contribution in [0.25, 0.3) is 16.4 Å². The van der Waals surface area contributed by atoms with Crippen LogP contribution in [0.4, 0.5) is 0 Å². The molecule has 2 aromatic heterocycles. The smallest absolute Gasteiger partial charge is 0.160 e. The van der Waals surface area contributed by atoms with Gasteiger partial charge in [-0.25, -0.2) is 0 Å². The maximum absolute atomic E-state index is 10.1. The first-order valence-corrected chi connectivity index (χ1v) is 7.32. The quantitative estimate of drug-likeness (QED) is 0.591. The molecule has 0 amide bonds. The standard InChI is InChI=1S/C18H14N4O/c23-16-9-8-13-5-1-2-6-14(13)15(16)11-19-12-18-21-20-17-7-3-4-10-22(17)18/h1-11,23H,12H2. The maximum Gasteiger partial charge on any atom is 0.160 e. The number of fused-ring (bicyclic) bond motifs is 2. The normalized spacial score (nSPS) is 11.7. The Labute approximate surface area is 132 Å². The molecule has 0 atom stereocenters. The van der Waals surface area contributed by atoms with Gasteiger partial charge in [-0.15, -0.1) is 10.2 Å². The van der Waals surface area contributed by atoms with Crippen molar-refractivity contribution in [3.8, 4) is 5.75 Å². The fourth-order valence-corrected chi connectivity index (χ4v) is 2.64. The number of nitrogens with zero attached hydrogens (tertiary/aromatic N) is 4. The Morgan fingerprint density at radius 2 is 1.87 bits per heavy atom. The zero-order chi connectivity index (χ0) is 15.6. The fraction of sp³-hybridized carbons (Fsp3) is 0.0556. The van der Waals surface area contributed by atoms with E-state index in [1.807, 2.05) is 59.1 Å². The van der Waals surface area contributed by atoms with Gasteiger partial charge in [-0.1, -0.05) is 36.4 Å². The lowest BCUT2D eigenvalue weighted by Gasteiger charge is -2.04. The maximum atomic E-state index is 10.1. The number of aliphatic imine (C=N–C) groups is 1. The third-order valence-corrected chi connectivity index (χ3v) is 3.79. The first-order valence-electron chi connectivity index (χ1n) is 7.32. The van der Waals surface area contributed by atoms with Gasteiger partial charge in [-0.2, -0.15) is 0 Å². The third-order valence-electron chi connectivity index (χ3n) is 3.79. The van der Waals surface area contributed by atoms with Crippen LogP contribution >= 0.6 is 0 Å². The first-order chi connectivity index (χ1) is 11.3. The summed E-state index contributed by atoms with van der Waals surface area (Å²) in [5.41, 5.74) is 1.52. The Hall–Kier alpha value is -3.21. The van der Waals surface area contributed by atoms with Gasteiger partial charge >= 0.3 is 0 Å². The molecule has 4 rings (SSSR count). The molecule has 0 bridgehead atoms. The second kappa shape index (κ2) is 5.53. The minimum atomic E-state index is 0.221. The molecule has 0 spiro atoms. The number of phenolic OH excluding ortho intramolecular Hbond substituents is 1. The topological polar surface area (TPSA) is 62.8 Å². The van der Waals surface area contributed by atoms with Crippen LogP contribution in [-0.4, -0.2) is 25.9 Å². The summed E-state index contributed by atoms with van der Waals surface area (Å²) in [7, 11) is 0. The summed E-state index contributed by atoms with van der Waals surface area (Å²) < 4.78 is 1.90. The highest BCUT2D eigenvalue weighted by Gasteiger charge is 2.05. The van der Waals surface area contributed by atoms with Gasteiger partial charge < -0.3 is 5.11 Å². The zero-order valence-corrected chi connectivity index (χ0v) is 12.3. The van der Waals surface area contributed by atoms with Crippen LogP contribution in [0.3, 0.4) is 0 Å². The van der Waals surface area contributed by atoms with Crippen molar-refractivity contribution in [2.75, 3.05) is 0 Å². The van der Waals surface area contributed by atoms with Crippen molar-refractivity contribution < 1.29 is 5.11 Å². The van der Waals surface area contributed by atoms with Crippen LogP contribution < -0.4 is 0 Å². The Kier molecular flexibility index (Phi) is 3.24. The van der Waals surface area contributed by atoms with Gasteiger partial charge in [-0.3, -0.25) is 9.39 Å². The van der Waals surface area contributed by atoms with Crippen molar-refractivity contribution >= 4 is 22.6 Å². The first kappa shape index (κ1) is 13.5. The van der Waals surface area contributed by atoms with E-state index in [4.69, 9.17) is 0 Å². The van der Waals surface area contributed by atoms with Crippen LogP contribution in [-0.2, 0) is 6.54 Å². The molecule has 5 heteroatoms. The summed E-state index contributed by atoms with van der Waals surface area (Å²) in [6, 6.07) is 17.3. The lowest BCUT2D eigenvalue weighted by Crippen LogP contribution is -1.93. The average molecular weight is 302 g/mol. The predicted molar refractivity (Wildman–Crippen MR) is 89.9 cm³/mol. The van der Waals surface area contributed by atoms with Gasteiger partial charge in [0.2, 0.25) is 0 Å². The number of hydrogen-bond donors (Lipinski definition) is 1. The van der Waals surface area contributed by atoms with Gasteiger partial charge in [-0.05, 0) is 29.0 Å². The van der Waals surface area contributed by atoms with Crippen molar-refractivity contribution in [2.45, 2.75) is 6.54 Å². The Balaban J connectivity index is 1.68. The Morgan fingerprint density at radius 3 is 2.83 bits per heavy atom. The molecule has 0 saturated carbocycles. The number of aromatic hydroxyl groups is 1. The predicted octanol–water partition coefficient (Wildman–Crippen LogP) is 3.21. The van der Waals surface area contributed by atoms with Crippen molar-refractivity contribution in [1.29, 1.82) is 0 Å². The number of phenols is 1. The minimum Gasteiger partial charge on any atom is -0.507 e. The molecule has 0 aliphatic carbocycles. The van der Waals surface area contributed by atoms with Gasteiger partial charge in [0.25, 0.3) is 0 Å². The van der Waals surface area contributed by atoms with Crippen molar-refractivity contribution in [1.82, 2.24) is 14.6 Å². The highest BCUT2D eigenvalue weighted by molar-refractivity contribution is 6.02. The van der Waals surface area contributed by atoms with E-state index < -0.39 is 0 Å². The van der Waals surface area contributed by atoms with Crippen molar-refractivity contribution in [2.24, 2.45) is 4.99 Å². The molecule has 5 nitrogen and oxygen atoms in total. The van der Waals surface area contributed by atoms with Crippen molar-refractivity contribution in [3.63, 3.8) is 0 Å². The molecule has 0 aliphatic heterocycles. The third kappa shape index (κ3) is 2.42. The van der Waals surface area contributed by atoms with Crippen LogP contribution in [0.15, 0.2) is 65.8 Å². The second-order valence-electron chi connectivity index (χ2n) is 5.23. The molecule has 1 N–H and O–H groups in total. The average Bonchev–Trinajstić information content (AvgIpc) is 3.00. The van der Waals surface area contributed by atoms with Crippen LogP contribution in [0.5, 0.6) is 5.75 Å². The van der Waals surface area contributed by atoms with E-state index in [1.165, 1.54) is 0 Å². The van der Waals surface area contributed by atoms with Crippen molar-refractivity contribution in [3.05, 3.63) is 72.2 Å². The molecule has 2 aromatic carbocycles. The molecular weight excluding hydrogens is 288 g/mol. The molecule has 4 aromatic rings. The van der Waals surface area contributed by atoms with E-state index >= 15 is 0 Å². The molecule has 2 heterocycles. The fourth-order valence-electron chi connectivity index (χ4n) is 2.64. The molecule has 0 fully saturated rings. The lowest BCUT2D eigenvalue weighted by molar-refractivity contribution is 0.475. The molecule has 112 valence electrons. The molecule has 23 heavy (non-hydrogen) atoms. The molecule has 0 radical (unpaired) electrons. The number of benzene rings is 2. The molecular formula is C18H14N4O. The van der Waals surface area contributed by atoms with Gasteiger partial charge in [0.15, 0.2) is 11.5 Å². The van der Waals surface area contributed by atoms with Gasteiger partial charge in [0.1, 0.15) is 5.75 Å². The summed E-state index contributed by atoms with van der Waals surface area (Å²) in [5.74, 6) is 0.982. The number of rotatable bonds is 3. The molecule has 0 saturated heterocycles. The number of pyridine rings is 1.